The summed E-state index contributed by atoms with van der Waals surface area (Å²) >= 11 is 0. The molecule has 0 aliphatic carbocycles. The third-order valence-electron chi connectivity index (χ3n) is 4.52. The van der Waals surface area contributed by atoms with E-state index >= 15 is 0 Å². The van der Waals surface area contributed by atoms with Crippen molar-refractivity contribution in [2.24, 2.45) is 0 Å². The molecule has 0 aliphatic rings. The normalized spacial score (nSPS) is 11.4. The van der Waals surface area contributed by atoms with E-state index in [-0.39, 0.29) is 30.0 Å². The van der Waals surface area contributed by atoms with Crippen molar-refractivity contribution in [3.63, 3.8) is 0 Å². The molecule has 0 saturated carbocycles. The van der Waals surface area contributed by atoms with Crippen molar-refractivity contribution in [1.29, 1.82) is 0 Å². The van der Waals surface area contributed by atoms with Crippen LogP contribution in [0.3, 0.4) is 0 Å². The Morgan fingerprint density at radius 1 is 1.11 bits per heavy atom. The van der Waals surface area contributed by atoms with Crippen LogP contribution in [0.2, 0.25) is 0 Å². The molecule has 1 amide bonds. The van der Waals surface area contributed by atoms with Crippen LogP contribution in [0.25, 0.3) is 10.9 Å². The van der Waals surface area contributed by atoms with E-state index in [4.69, 9.17) is 4.74 Å². The summed E-state index contributed by atoms with van der Waals surface area (Å²) in [5.74, 6) is 0.947. The first-order chi connectivity index (χ1) is 13.3. The van der Waals surface area contributed by atoms with Gasteiger partial charge in [-0.25, -0.2) is 4.98 Å². The number of nitrogens with one attached hydrogen (secondary N) is 1. The Kier molecular flexibility index (Phi) is 5.49. The third kappa shape index (κ3) is 4.39. The number of amides is 1. The lowest BCUT2D eigenvalue weighted by molar-refractivity contribution is -0.132. The lowest BCUT2D eigenvalue weighted by Gasteiger charge is -2.23. The number of ether oxygens (including phenoxy) is 1. The molecule has 2 aromatic carbocycles. The van der Waals surface area contributed by atoms with Crippen LogP contribution >= 0.6 is 0 Å². The van der Waals surface area contributed by atoms with Gasteiger partial charge in [0, 0.05) is 7.05 Å². The zero-order chi connectivity index (χ0) is 20.3. The minimum Gasteiger partial charge on any atom is -0.483 e. The van der Waals surface area contributed by atoms with Gasteiger partial charge in [-0.15, -0.1) is 0 Å². The van der Waals surface area contributed by atoms with Gasteiger partial charge in [0.25, 0.3) is 11.5 Å². The zero-order valence-corrected chi connectivity index (χ0v) is 16.7. The smallest absolute Gasteiger partial charge is 0.260 e. The summed E-state index contributed by atoms with van der Waals surface area (Å²) in [4.78, 5) is 33.3. The Morgan fingerprint density at radius 3 is 2.54 bits per heavy atom. The topological polar surface area (TPSA) is 75.3 Å². The van der Waals surface area contributed by atoms with E-state index in [1.54, 1.807) is 25.2 Å². The lowest BCUT2D eigenvalue weighted by atomic mass is 9.86. The monoisotopic (exact) mass is 379 g/mol. The summed E-state index contributed by atoms with van der Waals surface area (Å²) in [6, 6.07) is 14.9. The van der Waals surface area contributed by atoms with Crippen LogP contribution < -0.4 is 10.3 Å². The van der Waals surface area contributed by atoms with E-state index in [9.17, 15) is 9.59 Å². The molecule has 0 aliphatic heterocycles. The maximum absolute atomic E-state index is 12.5. The van der Waals surface area contributed by atoms with Gasteiger partial charge < -0.3 is 14.6 Å². The van der Waals surface area contributed by atoms with Gasteiger partial charge in [-0.2, -0.15) is 0 Å². The number of carbonyl (C=O) groups is 1. The quantitative estimate of drug-likeness (QED) is 0.738. The number of carbonyl (C=O) groups excluding carboxylic acids is 1. The predicted octanol–water partition coefficient (Wildman–Crippen LogP) is 3.26. The maximum atomic E-state index is 12.5. The van der Waals surface area contributed by atoms with E-state index in [0.29, 0.717) is 22.5 Å². The minimum absolute atomic E-state index is 0.0819. The standard InChI is InChI=1S/C22H25N3O3/c1-22(2,3)16-10-6-8-12-18(16)28-14-20(26)25(4)13-19-23-17-11-7-5-9-15(17)21(27)24-19/h5-12H,13-14H2,1-4H3,(H,23,24,27). The highest BCUT2D eigenvalue weighted by Gasteiger charge is 2.19. The number of hydrogen-bond donors (Lipinski definition) is 1. The molecule has 146 valence electrons. The van der Waals surface area contributed by atoms with Crippen LogP contribution in [0.4, 0.5) is 0 Å². The largest absolute Gasteiger partial charge is 0.483 e. The molecule has 1 heterocycles. The highest BCUT2D eigenvalue weighted by Crippen LogP contribution is 2.30. The van der Waals surface area contributed by atoms with Crippen molar-refractivity contribution in [1.82, 2.24) is 14.9 Å². The number of nitrogens with zero attached hydrogens (tertiary/aromatic N) is 2. The van der Waals surface area contributed by atoms with Gasteiger partial charge in [-0.3, -0.25) is 9.59 Å². The number of H-pyrrole nitrogens is 1. The number of fused-ring (bicyclic) bond motifs is 1. The number of rotatable bonds is 5. The molecular formula is C22H25N3O3. The van der Waals surface area contributed by atoms with Crippen LogP contribution in [0.1, 0.15) is 32.2 Å². The van der Waals surface area contributed by atoms with Crippen LogP contribution in [0, 0.1) is 0 Å². The Morgan fingerprint density at radius 2 is 1.79 bits per heavy atom. The highest BCUT2D eigenvalue weighted by atomic mass is 16.5. The van der Waals surface area contributed by atoms with Gasteiger partial charge >= 0.3 is 0 Å². The van der Waals surface area contributed by atoms with Crippen molar-refractivity contribution in [2.45, 2.75) is 32.7 Å². The van der Waals surface area contributed by atoms with Crippen molar-refractivity contribution in [2.75, 3.05) is 13.7 Å². The van der Waals surface area contributed by atoms with Crippen molar-refractivity contribution in [3.05, 3.63) is 70.3 Å². The second-order valence-corrected chi connectivity index (χ2v) is 7.81. The van der Waals surface area contributed by atoms with E-state index < -0.39 is 0 Å². The number of likely N-dealkylation sites (N-methyl/N-ethyl adjacent to an activating group) is 1. The summed E-state index contributed by atoms with van der Waals surface area (Å²) in [6.07, 6.45) is 0. The molecule has 0 fully saturated rings. The lowest BCUT2D eigenvalue weighted by Crippen LogP contribution is -2.32. The third-order valence-corrected chi connectivity index (χ3v) is 4.52. The zero-order valence-electron chi connectivity index (χ0n) is 16.7. The number of hydrogen-bond acceptors (Lipinski definition) is 4. The Balaban J connectivity index is 1.69. The van der Waals surface area contributed by atoms with Gasteiger partial charge in [0.05, 0.1) is 17.4 Å². The number of benzene rings is 2. The summed E-state index contributed by atoms with van der Waals surface area (Å²) in [7, 11) is 1.66. The Bertz CT molecular complexity index is 1050. The van der Waals surface area contributed by atoms with Crippen LogP contribution in [-0.2, 0) is 16.8 Å². The second kappa shape index (κ2) is 7.84. The van der Waals surface area contributed by atoms with Gasteiger partial charge in [0.1, 0.15) is 11.6 Å². The first kappa shape index (κ1) is 19.6. The van der Waals surface area contributed by atoms with Crippen LogP contribution in [0.5, 0.6) is 5.75 Å². The van der Waals surface area contributed by atoms with E-state index in [1.807, 2.05) is 30.3 Å². The molecule has 0 unspecified atom stereocenters. The van der Waals surface area contributed by atoms with Crippen molar-refractivity contribution < 1.29 is 9.53 Å². The fraction of sp³-hybridized carbons (Fsp3) is 0.318. The predicted molar refractivity (Wildman–Crippen MR) is 109 cm³/mol. The number of aromatic amines is 1. The van der Waals surface area contributed by atoms with Crippen molar-refractivity contribution in [3.8, 4) is 5.75 Å². The van der Waals surface area contributed by atoms with Gasteiger partial charge in [-0.1, -0.05) is 51.1 Å². The molecule has 0 bridgehead atoms. The van der Waals surface area contributed by atoms with E-state index in [1.165, 1.54) is 4.90 Å². The molecule has 3 rings (SSSR count). The summed E-state index contributed by atoms with van der Waals surface area (Å²) < 4.78 is 5.79. The van der Waals surface area contributed by atoms with Crippen LogP contribution in [-0.4, -0.2) is 34.4 Å². The molecule has 3 aromatic rings. The molecule has 6 nitrogen and oxygen atoms in total. The molecule has 0 atom stereocenters. The number of aromatic nitrogens is 2. The van der Waals surface area contributed by atoms with Gasteiger partial charge in [0.15, 0.2) is 6.61 Å². The maximum Gasteiger partial charge on any atom is 0.260 e. The van der Waals surface area contributed by atoms with Crippen LogP contribution in [0.15, 0.2) is 53.3 Å². The first-order valence-corrected chi connectivity index (χ1v) is 9.20. The van der Waals surface area contributed by atoms with E-state index in [0.717, 1.165) is 5.56 Å². The first-order valence-electron chi connectivity index (χ1n) is 9.20. The second-order valence-electron chi connectivity index (χ2n) is 7.81. The number of para-hydroxylation sites is 2. The van der Waals surface area contributed by atoms with E-state index in [2.05, 4.69) is 30.7 Å². The molecule has 6 heteroatoms. The fourth-order valence-electron chi connectivity index (χ4n) is 2.98. The minimum atomic E-state index is -0.211. The van der Waals surface area contributed by atoms with Gasteiger partial charge in [-0.05, 0) is 29.2 Å². The fourth-order valence-corrected chi connectivity index (χ4v) is 2.98. The molecule has 1 aromatic heterocycles. The summed E-state index contributed by atoms with van der Waals surface area (Å²) in [5, 5.41) is 0.530. The molecule has 0 radical (unpaired) electrons. The average molecular weight is 379 g/mol. The molecule has 0 saturated heterocycles. The van der Waals surface area contributed by atoms with Crippen molar-refractivity contribution >= 4 is 16.8 Å². The molecular weight excluding hydrogens is 354 g/mol. The SMILES string of the molecule is CN(Cc1nc2ccccc2c(=O)[nH]1)C(=O)COc1ccccc1C(C)(C)C. The Labute approximate surface area is 164 Å². The average Bonchev–Trinajstić information content (AvgIpc) is 2.65. The molecule has 0 spiro atoms. The molecule has 28 heavy (non-hydrogen) atoms. The summed E-state index contributed by atoms with van der Waals surface area (Å²) in [6.45, 7) is 6.42. The Hall–Kier alpha value is -3.15. The summed E-state index contributed by atoms with van der Waals surface area (Å²) in [5.41, 5.74) is 1.36. The highest BCUT2D eigenvalue weighted by molar-refractivity contribution is 5.78. The molecule has 1 N–H and O–H groups in total. The van der Waals surface area contributed by atoms with Gasteiger partial charge in [0.2, 0.25) is 0 Å².